The summed E-state index contributed by atoms with van der Waals surface area (Å²) in [4.78, 5) is 57.3. The van der Waals surface area contributed by atoms with E-state index in [0.717, 1.165) is 49.9 Å². The molecular weight excluding hydrogens is 634 g/mol. The van der Waals surface area contributed by atoms with Crippen LogP contribution in [0.2, 0.25) is 0 Å². The van der Waals surface area contributed by atoms with Crippen molar-refractivity contribution in [2.75, 3.05) is 23.7 Å². The normalized spacial score (nSPS) is 19.9. The average molecular weight is 690 g/mol. The molecule has 2 saturated heterocycles. The summed E-state index contributed by atoms with van der Waals surface area (Å²) in [6, 6.07) is 15.3. The second-order valence-corrected chi connectivity index (χ2v) is 15.9. The molecule has 2 aromatic carbocycles. The second-order valence-electron chi connectivity index (χ2n) is 15.9. The summed E-state index contributed by atoms with van der Waals surface area (Å²) in [5.74, 6) is -0.395. The monoisotopic (exact) mass is 689 g/mol. The third kappa shape index (κ3) is 10.2. The average Bonchev–Trinajstić information content (AvgIpc) is 3.83. The Morgan fingerprint density at radius 1 is 0.620 bits per heavy atom. The van der Waals surface area contributed by atoms with Gasteiger partial charge in [-0.15, -0.1) is 0 Å². The lowest BCUT2D eigenvalue weighted by atomic mass is 10.1. The molecule has 0 spiro atoms. The Balaban J connectivity index is 1.16. The minimum atomic E-state index is -0.618. The molecule has 2 aromatic rings. The van der Waals surface area contributed by atoms with Crippen LogP contribution in [0.3, 0.4) is 0 Å². The first-order chi connectivity index (χ1) is 23.6. The number of benzene rings is 2. The van der Waals surface area contributed by atoms with Crippen LogP contribution < -0.4 is 10.6 Å². The molecule has 5 rings (SSSR count). The van der Waals surface area contributed by atoms with Gasteiger partial charge in [-0.3, -0.25) is 24.3 Å². The highest BCUT2D eigenvalue weighted by Gasteiger charge is 2.38. The fourth-order valence-corrected chi connectivity index (χ4v) is 7.05. The van der Waals surface area contributed by atoms with Gasteiger partial charge in [-0.1, -0.05) is 37.1 Å². The van der Waals surface area contributed by atoms with Gasteiger partial charge in [-0.25, -0.2) is 9.59 Å². The molecule has 272 valence electrons. The number of anilines is 2. The SMILES string of the molecule is CC(C)(C)OC(=O)N1CCCC1C(=O)Nc1ccc(CN(Cc2ccc(NC(=O)C3CCCN3C(=O)OC(C)(C)C)cc2)C2CCCC2)cc1. The van der Waals surface area contributed by atoms with Gasteiger partial charge in [0, 0.05) is 43.6 Å². The van der Waals surface area contributed by atoms with Gasteiger partial charge in [0.2, 0.25) is 11.8 Å². The van der Waals surface area contributed by atoms with Crippen molar-refractivity contribution >= 4 is 35.4 Å². The Bertz CT molecular complexity index is 1390. The van der Waals surface area contributed by atoms with Crippen molar-refractivity contribution in [2.24, 2.45) is 0 Å². The summed E-state index contributed by atoms with van der Waals surface area (Å²) in [5.41, 5.74) is 2.47. The van der Waals surface area contributed by atoms with Crippen LogP contribution in [-0.2, 0) is 32.2 Å². The number of amides is 4. The molecule has 0 bridgehead atoms. The fourth-order valence-electron chi connectivity index (χ4n) is 7.05. The molecule has 1 saturated carbocycles. The lowest BCUT2D eigenvalue weighted by Crippen LogP contribution is -2.45. The van der Waals surface area contributed by atoms with Crippen molar-refractivity contribution in [3.63, 3.8) is 0 Å². The quantitative estimate of drug-likeness (QED) is 0.283. The predicted molar refractivity (Wildman–Crippen MR) is 194 cm³/mol. The molecular formula is C39H55N5O6. The zero-order chi connectivity index (χ0) is 36.1. The molecule has 3 aliphatic rings. The van der Waals surface area contributed by atoms with Crippen molar-refractivity contribution < 1.29 is 28.7 Å². The fraction of sp³-hybridized carbons (Fsp3) is 0.590. The number of hydrogen-bond donors (Lipinski definition) is 2. The third-order valence-corrected chi connectivity index (χ3v) is 9.42. The number of likely N-dealkylation sites (tertiary alicyclic amines) is 2. The molecule has 11 nitrogen and oxygen atoms in total. The van der Waals surface area contributed by atoms with Crippen LogP contribution in [-0.4, -0.2) is 81.1 Å². The summed E-state index contributed by atoms with van der Waals surface area (Å²) in [5, 5.41) is 6.01. The summed E-state index contributed by atoms with van der Waals surface area (Å²) < 4.78 is 11.0. The summed E-state index contributed by atoms with van der Waals surface area (Å²) >= 11 is 0. The molecule has 2 N–H and O–H groups in total. The lowest BCUT2D eigenvalue weighted by molar-refractivity contribution is -0.121. The van der Waals surface area contributed by atoms with Crippen molar-refractivity contribution in [1.82, 2.24) is 14.7 Å². The van der Waals surface area contributed by atoms with Crippen molar-refractivity contribution in [3.05, 3.63) is 59.7 Å². The molecule has 0 aromatic heterocycles. The number of nitrogens with one attached hydrogen (secondary N) is 2. The van der Waals surface area contributed by atoms with Crippen LogP contribution in [0.1, 0.15) is 104 Å². The number of carbonyl (C=O) groups excluding carboxylic acids is 4. The van der Waals surface area contributed by atoms with Crippen LogP contribution in [0.5, 0.6) is 0 Å². The van der Waals surface area contributed by atoms with Crippen LogP contribution in [0.25, 0.3) is 0 Å². The molecule has 2 aliphatic heterocycles. The van der Waals surface area contributed by atoms with Gasteiger partial charge in [0.1, 0.15) is 23.3 Å². The first-order valence-electron chi connectivity index (χ1n) is 18.2. The summed E-state index contributed by atoms with van der Waals surface area (Å²) in [6.45, 7) is 13.5. The first kappa shape index (κ1) is 37.1. The topological polar surface area (TPSA) is 121 Å². The molecule has 2 unspecified atom stereocenters. The van der Waals surface area contributed by atoms with Crippen LogP contribution in [0, 0.1) is 0 Å². The molecule has 1 aliphatic carbocycles. The zero-order valence-electron chi connectivity index (χ0n) is 30.6. The van der Waals surface area contributed by atoms with Gasteiger partial charge in [0.05, 0.1) is 0 Å². The molecule has 2 atom stereocenters. The van der Waals surface area contributed by atoms with E-state index in [9.17, 15) is 19.2 Å². The summed E-state index contributed by atoms with van der Waals surface area (Å²) in [6.07, 6.45) is 6.61. The minimum Gasteiger partial charge on any atom is -0.444 e. The molecule has 2 heterocycles. The van der Waals surface area contributed by atoms with Crippen LogP contribution >= 0.6 is 0 Å². The first-order valence-corrected chi connectivity index (χ1v) is 18.2. The van der Waals surface area contributed by atoms with E-state index in [0.29, 0.717) is 43.3 Å². The highest BCUT2D eigenvalue weighted by atomic mass is 16.6. The number of hydrogen-bond acceptors (Lipinski definition) is 7. The van der Waals surface area contributed by atoms with Crippen molar-refractivity contribution in [2.45, 2.75) is 135 Å². The van der Waals surface area contributed by atoms with Crippen molar-refractivity contribution in [1.29, 1.82) is 0 Å². The van der Waals surface area contributed by atoms with Crippen molar-refractivity contribution in [3.8, 4) is 0 Å². The molecule has 3 fully saturated rings. The number of ether oxygens (including phenoxy) is 2. The van der Waals surface area contributed by atoms with Gasteiger partial charge in [0.15, 0.2) is 0 Å². The number of nitrogens with zero attached hydrogens (tertiary/aromatic N) is 3. The van der Waals surface area contributed by atoms with E-state index in [1.165, 1.54) is 22.6 Å². The Morgan fingerprint density at radius 2 is 1.00 bits per heavy atom. The smallest absolute Gasteiger partial charge is 0.410 e. The van der Waals surface area contributed by atoms with E-state index < -0.39 is 35.5 Å². The van der Waals surface area contributed by atoms with Gasteiger partial charge >= 0.3 is 12.2 Å². The predicted octanol–water partition coefficient (Wildman–Crippen LogP) is 7.31. The Hall–Kier alpha value is -4.12. The zero-order valence-corrected chi connectivity index (χ0v) is 30.6. The van der Waals surface area contributed by atoms with E-state index in [1.807, 2.05) is 65.8 Å². The standard InChI is InChI=1S/C39H55N5O6/c1-38(2,3)49-36(47)43-23-9-13-32(43)34(45)40-29-19-15-27(16-20-29)25-42(31-11-7-8-12-31)26-28-17-21-30(22-18-28)41-35(46)33-14-10-24-44(33)37(48)50-39(4,5)6/h15-22,31-33H,7-14,23-26H2,1-6H3,(H,40,45)(H,41,46). The maximum atomic E-state index is 13.2. The van der Waals surface area contributed by atoms with Gasteiger partial charge < -0.3 is 20.1 Å². The number of carbonyl (C=O) groups is 4. The van der Waals surface area contributed by atoms with E-state index in [4.69, 9.17) is 9.47 Å². The maximum Gasteiger partial charge on any atom is 0.410 e. The van der Waals surface area contributed by atoms with E-state index in [2.05, 4.69) is 39.8 Å². The Morgan fingerprint density at radius 3 is 1.36 bits per heavy atom. The third-order valence-electron chi connectivity index (χ3n) is 9.42. The highest BCUT2D eigenvalue weighted by Crippen LogP contribution is 2.28. The molecule has 0 radical (unpaired) electrons. The largest absolute Gasteiger partial charge is 0.444 e. The van der Waals surface area contributed by atoms with Crippen LogP contribution in [0.4, 0.5) is 21.0 Å². The number of rotatable bonds is 9. The van der Waals surface area contributed by atoms with Crippen LogP contribution in [0.15, 0.2) is 48.5 Å². The van der Waals surface area contributed by atoms with E-state index in [1.54, 1.807) is 0 Å². The Labute approximate surface area is 297 Å². The molecule has 11 heteroatoms. The van der Waals surface area contributed by atoms with Gasteiger partial charge in [0.25, 0.3) is 0 Å². The van der Waals surface area contributed by atoms with E-state index >= 15 is 0 Å². The highest BCUT2D eigenvalue weighted by molar-refractivity contribution is 5.97. The second kappa shape index (κ2) is 15.8. The Kier molecular flexibility index (Phi) is 11.8. The van der Waals surface area contributed by atoms with E-state index in [-0.39, 0.29) is 11.8 Å². The molecule has 4 amide bonds. The minimum absolute atomic E-state index is 0.197. The maximum absolute atomic E-state index is 13.2. The summed E-state index contributed by atoms with van der Waals surface area (Å²) in [7, 11) is 0. The lowest BCUT2D eigenvalue weighted by Gasteiger charge is -2.29. The van der Waals surface area contributed by atoms with Gasteiger partial charge in [-0.2, -0.15) is 0 Å². The molecule has 50 heavy (non-hydrogen) atoms. The van der Waals surface area contributed by atoms with Gasteiger partial charge in [-0.05, 0) is 115 Å².